The van der Waals surface area contributed by atoms with Gasteiger partial charge in [-0.3, -0.25) is 0 Å². The highest BCUT2D eigenvalue weighted by molar-refractivity contribution is 5.75. The van der Waals surface area contributed by atoms with Crippen molar-refractivity contribution in [1.82, 2.24) is 10.2 Å². The Morgan fingerprint density at radius 2 is 2.10 bits per heavy atom. The number of rotatable bonds is 4. The zero-order valence-corrected chi connectivity index (χ0v) is 12.0. The minimum Gasteiger partial charge on any atom is -0.394 e. The summed E-state index contributed by atoms with van der Waals surface area (Å²) in [5, 5.41) is 12.3. The summed E-state index contributed by atoms with van der Waals surface area (Å²) >= 11 is 0. The first-order chi connectivity index (χ1) is 10.1. The monoisotopic (exact) mass is 292 g/mol. The molecule has 0 radical (unpaired) electrons. The van der Waals surface area contributed by atoms with Gasteiger partial charge in [0.1, 0.15) is 5.82 Å². The fourth-order valence-electron chi connectivity index (χ4n) is 3.16. The molecule has 0 aromatic heterocycles. The third-order valence-corrected chi connectivity index (χ3v) is 4.74. The minimum absolute atomic E-state index is 0.0243. The molecule has 1 atom stereocenters. The molecule has 1 heterocycles. The van der Waals surface area contributed by atoms with E-state index in [-0.39, 0.29) is 29.9 Å². The van der Waals surface area contributed by atoms with E-state index < -0.39 is 0 Å². The van der Waals surface area contributed by atoms with Crippen molar-refractivity contribution in [2.24, 2.45) is 0 Å². The molecule has 0 bridgehead atoms. The van der Waals surface area contributed by atoms with Crippen LogP contribution < -0.4 is 5.32 Å². The van der Waals surface area contributed by atoms with E-state index in [0.29, 0.717) is 13.1 Å². The van der Waals surface area contributed by atoms with Crippen molar-refractivity contribution in [3.8, 4) is 0 Å². The van der Waals surface area contributed by atoms with Crippen molar-refractivity contribution >= 4 is 6.03 Å². The highest BCUT2D eigenvalue weighted by Gasteiger charge is 2.44. The Balaban J connectivity index is 1.59. The molecular formula is C16H21FN2O2. The Bertz CT molecular complexity index is 514. The van der Waals surface area contributed by atoms with Gasteiger partial charge in [0.15, 0.2) is 0 Å². The van der Waals surface area contributed by atoms with Crippen LogP contribution in [0.3, 0.4) is 0 Å². The maximum Gasteiger partial charge on any atom is 0.317 e. The average molecular weight is 292 g/mol. The molecule has 3 rings (SSSR count). The third kappa shape index (κ3) is 2.88. The largest absolute Gasteiger partial charge is 0.394 e. The van der Waals surface area contributed by atoms with E-state index in [9.17, 15) is 14.3 Å². The first-order valence-corrected chi connectivity index (χ1v) is 7.56. The lowest BCUT2D eigenvalue weighted by Gasteiger charge is -2.25. The Morgan fingerprint density at radius 1 is 1.38 bits per heavy atom. The van der Waals surface area contributed by atoms with Crippen molar-refractivity contribution in [3.63, 3.8) is 0 Å². The zero-order chi connectivity index (χ0) is 14.9. The number of aliphatic hydroxyl groups excluding tert-OH is 1. The Labute approximate surface area is 124 Å². The smallest absolute Gasteiger partial charge is 0.317 e. The van der Waals surface area contributed by atoms with Crippen LogP contribution in [0.5, 0.6) is 0 Å². The fourth-order valence-corrected chi connectivity index (χ4v) is 3.16. The molecule has 4 nitrogen and oxygen atoms in total. The predicted molar refractivity (Wildman–Crippen MR) is 77.5 cm³/mol. The average Bonchev–Trinajstić information content (AvgIpc) is 3.13. The second-order valence-corrected chi connectivity index (χ2v) is 6.12. The van der Waals surface area contributed by atoms with E-state index >= 15 is 0 Å². The number of likely N-dealkylation sites (tertiary alicyclic amines) is 1. The molecule has 2 fully saturated rings. The van der Waals surface area contributed by atoms with Crippen molar-refractivity contribution in [2.75, 3.05) is 19.7 Å². The third-order valence-electron chi connectivity index (χ3n) is 4.74. The number of urea groups is 1. The predicted octanol–water partition coefficient (Wildman–Crippen LogP) is 2.02. The molecule has 1 aliphatic heterocycles. The lowest BCUT2D eigenvalue weighted by molar-refractivity contribution is 0.156. The number of amides is 2. The maximum atomic E-state index is 13.0. The number of carbonyl (C=O) groups excluding carboxylic acids is 1. The molecule has 2 N–H and O–H groups in total. The number of hydrogen-bond donors (Lipinski definition) is 2. The first kappa shape index (κ1) is 14.3. The van der Waals surface area contributed by atoms with E-state index in [2.05, 4.69) is 5.32 Å². The highest BCUT2D eigenvalue weighted by atomic mass is 19.1. The molecular weight excluding hydrogens is 271 g/mol. The van der Waals surface area contributed by atoms with Gasteiger partial charge in [-0.05, 0) is 43.4 Å². The molecule has 1 unspecified atom stereocenters. The van der Waals surface area contributed by atoms with Gasteiger partial charge in [-0.2, -0.15) is 0 Å². The summed E-state index contributed by atoms with van der Waals surface area (Å²) in [6, 6.07) is 6.41. The van der Waals surface area contributed by atoms with Crippen LogP contribution in [-0.4, -0.2) is 41.8 Å². The van der Waals surface area contributed by atoms with E-state index in [0.717, 1.165) is 31.2 Å². The molecule has 2 amide bonds. The highest BCUT2D eigenvalue weighted by Crippen LogP contribution is 2.47. The minimum atomic E-state index is -0.235. The fraction of sp³-hybridized carbons (Fsp3) is 0.562. The number of hydrogen-bond acceptors (Lipinski definition) is 2. The van der Waals surface area contributed by atoms with Gasteiger partial charge in [-0.1, -0.05) is 12.1 Å². The number of aliphatic hydroxyl groups is 1. The van der Waals surface area contributed by atoms with Gasteiger partial charge in [0.05, 0.1) is 12.6 Å². The van der Waals surface area contributed by atoms with Crippen LogP contribution in [-0.2, 0) is 5.41 Å². The Kier molecular flexibility index (Phi) is 3.85. The van der Waals surface area contributed by atoms with Crippen LogP contribution in [0.1, 0.15) is 31.2 Å². The van der Waals surface area contributed by atoms with Gasteiger partial charge in [-0.25, -0.2) is 9.18 Å². The molecule has 21 heavy (non-hydrogen) atoms. The van der Waals surface area contributed by atoms with Crippen LogP contribution in [0.15, 0.2) is 24.3 Å². The normalized spacial score (nSPS) is 23.1. The van der Waals surface area contributed by atoms with Crippen molar-refractivity contribution in [2.45, 2.75) is 37.1 Å². The van der Waals surface area contributed by atoms with E-state index in [1.165, 1.54) is 12.1 Å². The van der Waals surface area contributed by atoms with Crippen LogP contribution in [0, 0.1) is 5.82 Å². The Morgan fingerprint density at radius 3 is 2.71 bits per heavy atom. The van der Waals surface area contributed by atoms with Gasteiger partial charge < -0.3 is 15.3 Å². The lowest BCUT2D eigenvalue weighted by atomic mass is 9.96. The van der Waals surface area contributed by atoms with Gasteiger partial charge in [0.2, 0.25) is 0 Å². The Hall–Kier alpha value is -1.62. The summed E-state index contributed by atoms with van der Waals surface area (Å²) in [5.74, 6) is -0.235. The van der Waals surface area contributed by atoms with Crippen LogP contribution >= 0.6 is 0 Å². The molecule has 114 valence electrons. The van der Waals surface area contributed by atoms with Gasteiger partial charge in [0, 0.05) is 18.5 Å². The van der Waals surface area contributed by atoms with Crippen LogP contribution in [0.2, 0.25) is 0 Å². The molecule has 0 spiro atoms. The summed E-state index contributed by atoms with van der Waals surface area (Å²) in [4.78, 5) is 13.9. The first-order valence-electron chi connectivity index (χ1n) is 7.56. The quantitative estimate of drug-likeness (QED) is 0.892. The zero-order valence-electron chi connectivity index (χ0n) is 12.0. The maximum absolute atomic E-state index is 13.0. The second kappa shape index (κ2) is 5.64. The van der Waals surface area contributed by atoms with Crippen molar-refractivity contribution < 1.29 is 14.3 Å². The van der Waals surface area contributed by atoms with Gasteiger partial charge in [-0.15, -0.1) is 0 Å². The summed E-state index contributed by atoms with van der Waals surface area (Å²) < 4.78 is 13.0. The van der Waals surface area contributed by atoms with Crippen molar-refractivity contribution in [1.29, 1.82) is 0 Å². The van der Waals surface area contributed by atoms with Crippen molar-refractivity contribution in [3.05, 3.63) is 35.6 Å². The SMILES string of the molecule is O=C(NCC1(c2ccc(F)cc2)CC1)N1CCCC1CO. The molecule has 1 aromatic carbocycles. The topological polar surface area (TPSA) is 52.6 Å². The number of halogens is 1. The van der Waals surface area contributed by atoms with Crippen LogP contribution in [0.4, 0.5) is 9.18 Å². The summed E-state index contributed by atoms with van der Waals surface area (Å²) in [7, 11) is 0. The molecule has 1 saturated carbocycles. The lowest BCUT2D eigenvalue weighted by Crippen LogP contribution is -2.46. The summed E-state index contributed by atoms with van der Waals surface area (Å²) in [6.45, 7) is 1.31. The van der Waals surface area contributed by atoms with Gasteiger partial charge >= 0.3 is 6.03 Å². The molecule has 1 saturated heterocycles. The molecule has 1 aromatic rings. The number of benzene rings is 1. The van der Waals surface area contributed by atoms with E-state index in [1.807, 2.05) is 0 Å². The second-order valence-electron chi connectivity index (χ2n) is 6.12. The molecule has 1 aliphatic carbocycles. The number of nitrogens with zero attached hydrogens (tertiary/aromatic N) is 1. The standard InChI is InChI=1S/C16H21FN2O2/c17-13-5-3-12(4-6-13)16(7-8-16)11-18-15(21)19-9-1-2-14(19)10-20/h3-6,14,20H,1-2,7-11H2,(H,18,21). The molecule has 2 aliphatic rings. The van der Waals surface area contributed by atoms with Crippen LogP contribution in [0.25, 0.3) is 0 Å². The summed E-state index contributed by atoms with van der Waals surface area (Å²) in [5.41, 5.74) is 1.06. The molecule has 5 heteroatoms. The van der Waals surface area contributed by atoms with E-state index in [4.69, 9.17) is 0 Å². The number of nitrogens with one attached hydrogen (secondary N) is 1. The number of carbonyl (C=O) groups is 1. The van der Waals surface area contributed by atoms with E-state index in [1.54, 1.807) is 17.0 Å². The van der Waals surface area contributed by atoms with Gasteiger partial charge in [0.25, 0.3) is 0 Å². The summed E-state index contributed by atoms with van der Waals surface area (Å²) in [6.07, 6.45) is 3.85.